The van der Waals surface area contributed by atoms with E-state index in [0.29, 0.717) is 48.6 Å². The largest absolute Gasteiger partial charge is 0.384 e. The van der Waals surface area contributed by atoms with Gasteiger partial charge in [-0.05, 0) is 25.1 Å². The maximum absolute atomic E-state index is 5.99. The lowest BCUT2D eigenvalue weighted by Crippen LogP contribution is -2.37. The van der Waals surface area contributed by atoms with Crippen LogP contribution in [0.15, 0.2) is 35.3 Å². The highest BCUT2D eigenvalue weighted by atomic mass is 16.5. The van der Waals surface area contributed by atoms with Gasteiger partial charge in [0.2, 0.25) is 0 Å². The summed E-state index contributed by atoms with van der Waals surface area (Å²) in [6.45, 7) is 5.45. The van der Waals surface area contributed by atoms with Gasteiger partial charge in [-0.15, -0.1) is 5.10 Å². The number of fused-ring (bicyclic) bond motifs is 1. The molecular formula is C19H21N9O. The molecule has 1 fully saturated rings. The Labute approximate surface area is 167 Å². The average molecular weight is 391 g/mol. The van der Waals surface area contributed by atoms with Gasteiger partial charge >= 0.3 is 0 Å². The molecule has 0 spiro atoms. The van der Waals surface area contributed by atoms with Gasteiger partial charge in [0.25, 0.3) is 0 Å². The van der Waals surface area contributed by atoms with Crippen LogP contribution < -0.4 is 16.0 Å². The fourth-order valence-electron chi connectivity index (χ4n) is 3.48. The Hall–Kier alpha value is -3.53. The zero-order valence-corrected chi connectivity index (χ0v) is 16.0. The zero-order valence-electron chi connectivity index (χ0n) is 16.0. The van der Waals surface area contributed by atoms with E-state index in [1.807, 2.05) is 31.2 Å². The monoisotopic (exact) mass is 391 g/mol. The van der Waals surface area contributed by atoms with Crippen molar-refractivity contribution in [3.05, 3.63) is 36.2 Å². The molecule has 3 N–H and O–H groups in total. The summed E-state index contributed by atoms with van der Waals surface area (Å²) in [5.74, 6) is 3.23. The van der Waals surface area contributed by atoms with E-state index in [4.69, 9.17) is 20.6 Å². The lowest BCUT2D eigenvalue weighted by molar-refractivity contribution is 0.122. The van der Waals surface area contributed by atoms with E-state index in [0.717, 1.165) is 30.4 Å². The number of aromatic nitrogens is 5. The van der Waals surface area contributed by atoms with Crippen LogP contribution in [0.4, 0.5) is 17.5 Å². The van der Waals surface area contributed by atoms with Gasteiger partial charge in [0.15, 0.2) is 11.5 Å². The first-order valence-electron chi connectivity index (χ1n) is 9.49. The molecule has 2 aliphatic heterocycles. The van der Waals surface area contributed by atoms with E-state index in [1.165, 1.54) is 0 Å². The first-order chi connectivity index (χ1) is 14.2. The van der Waals surface area contributed by atoms with Crippen LogP contribution in [-0.2, 0) is 4.74 Å². The van der Waals surface area contributed by atoms with Crippen LogP contribution in [0.2, 0.25) is 0 Å². The Morgan fingerprint density at radius 1 is 1.14 bits per heavy atom. The Morgan fingerprint density at radius 2 is 2.00 bits per heavy atom. The number of amidine groups is 1. The summed E-state index contributed by atoms with van der Waals surface area (Å²) in [4.78, 5) is 20.1. The van der Waals surface area contributed by atoms with Gasteiger partial charge in [-0.2, -0.15) is 0 Å². The van der Waals surface area contributed by atoms with Crippen molar-refractivity contribution in [1.29, 1.82) is 0 Å². The highest BCUT2D eigenvalue weighted by Crippen LogP contribution is 2.29. The van der Waals surface area contributed by atoms with Crippen molar-refractivity contribution in [2.75, 3.05) is 48.8 Å². The summed E-state index contributed by atoms with van der Waals surface area (Å²) in [7, 11) is 0. The molecule has 10 nitrogen and oxygen atoms in total. The molecule has 0 radical (unpaired) electrons. The van der Waals surface area contributed by atoms with Gasteiger partial charge in [0, 0.05) is 19.2 Å². The number of aryl methyl sites for hydroxylation is 1. The molecular weight excluding hydrogens is 370 g/mol. The number of morpholine rings is 1. The molecule has 148 valence electrons. The number of hydrogen-bond acceptors (Lipinski definition) is 9. The third-order valence-electron chi connectivity index (χ3n) is 4.79. The standard InChI is InChI=1S/C19H21N9O/c1-12-22-13(11-14(20)23-12)18-19(24-15-3-2-6-21-15)25-16-4-5-17(26-28(16)18)27-7-9-29-10-8-27/h2-5,11H,6-10H2,1H3,(H,21,24)(H2,20,22,23). The van der Waals surface area contributed by atoms with Crippen LogP contribution in [0.25, 0.3) is 17.0 Å². The number of nitrogens with two attached hydrogens (primary N) is 1. The van der Waals surface area contributed by atoms with E-state index in [9.17, 15) is 0 Å². The van der Waals surface area contributed by atoms with Gasteiger partial charge in [0.05, 0.1) is 25.5 Å². The molecule has 0 atom stereocenters. The molecule has 29 heavy (non-hydrogen) atoms. The number of aliphatic imine (C=N–C) groups is 1. The SMILES string of the molecule is Cc1nc(N)cc(-c2c(NC3=NCC=C3)nc3ccc(N4CCOCC4)nn23)n1. The van der Waals surface area contributed by atoms with Crippen LogP contribution in [0.5, 0.6) is 0 Å². The predicted molar refractivity (Wildman–Crippen MR) is 111 cm³/mol. The zero-order chi connectivity index (χ0) is 19.8. The molecule has 3 aromatic heterocycles. The summed E-state index contributed by atoms with van der Waals surface area (Å²) in [6.07, 6.45) is 3.92. The highest BCUT2D eigenvalue weighted by Gasteiger charge is 2.21. The molecule has 0 aromatic carbocycles. The fraction of sp³-hybridized carbons (Fsp3) is 0.316. The first kappa shape index (κ1) is 17.6. The molecule has 2 aliphatic rings. The summed E-state index contributed by atoms with van der Waals surface area (Å²) in [5, 5.41) is 8.15. The molecule has 0 saturated carbocycles. The van der Waals surface area contributed by atoms with Gasteiger partial charge in [-0.3, -0.25) is 4.99 Å². The van der Waals surface area contributed by atoms with Crippen molar-refractivity contribution >= 4 is 28.9 Å². The molecule has 5 heterocycles. The Morgan fingerprint density at radius 3 is 2.76 bits per heavy atom. The van der Waals surface area contributed by atoms with Crippen molar-refractivity contribution in [2.45, 2.75) is 6.92 Å². The predicted octanol–water partition coefficient (Wildman–Crippen LogP) is 1.29. The minimum Gasteiger partial charge on any atom is -0.384 e. The van der Waals surface area contributed by atoms with Crippen molar-refractivity contribution in [3.8, 4) is 11.4 Å². The maximum atomic E-state index is 5.99. The van der Waals surface area contributed by atoms with Crippen LogP contribution in [-0.4, -0.2) is 63.2 Å². The molecule has 0 aliphatic carbocycles. The normalized spacial score (nSPS) is 16.4. The molecule has 0 amide bonds. The summed E-state index contributed by atoms with van der Waals surface area (Å²) < 4.78 is 7.26. The second kappa shape index (κ2) is 7.13. The van der Waals surface area contributed by atoms with Crippen LogP contribution >= 0.6 is 0 Å². The smallest absolute Gasteiger partial charge is 0.162 e. The number of nitrogen functional groups attached to an aromatic ring is 1. The molecule has 5 rings (SSSR count). The lowest BCUT2D eigenvalue weighted by atomic mass is 10.2. The molecule has 3 aromatic rings. The second-order valence-electron chi connectivity index (χ2n) is 6.85. The third kappa shape index (κ3) is 3.38. The van der Waals surface area contributed by atoms with E-state index in [2.05, 4.69) is 25.2 Å². The van der Waals surface area contributed by atoms with E-state index in [-0.39, 0.29) is 0 Å². The van der Waals surface area contributed by atoms with E-state index in [1.54, 1.807) is 10.6 Å². The number of imidazole rings is 1. The van der Waals surface area contributed by atoms with Gasteiger partial charge < -0.3 is 20.7 Å². The van der Waals surface area contributed by atoms with Crippen LogP contribution in [0.3, 0.4) is 0 Å². The number of rotatable bonds is 3. The van der Waals surface area contributed by atoms with Crippen molar-refractivity contribution in [2.24, 2.45) is 4.99 Å². The number of anilines is 3. The van der Waals surface area contributed by atoms with Crippen LogP contribution in [0, 0.1) is 6.92 Å². The molecule has 0 unspecified atom stereocenters. The van der Waals surface area contributed by atoms with Crippen molar-refractivity contribution in [1.82, 2.24) is 24.6 Å². The summed E-state index contributed by atoms with van der Waals surface area (Å²) in [6, 6.07) is 5.67. The maximum Gasteiger partial charge on any atom is 0.162 e. The minimum atomic E-state index is 0.399. The number of ether oxygens (including phenoxy) is 1. The summed E-state index contributed by atoms with van der Waals surface area (Å²) >= 11 is 0. The Bertz CT molecular complexity index is 1110. The average Bonchev–Trinajstić information content (AvgIpc) is 3.35. The Kier molecular flexibility index (Phi) is 4.32. The van der Waals surface area contributed by atoms with Crippen molar-refractivity contribution < 1.29 is 4.74 Å². The van der Waals surface area contributed by atoms with Crippen molar-refractivity contribution in [3.63, 3.8) is 0 Å². The van der Waals surface area contributed by atoms with Gasteiger partial charge in [-0.25, -0.2) is 19.5 Å². The number of nitrogens with zero attached hydrogens (tertiary/aromatic N) is 7. The fourth-order valence-corrected chi connectivity index (χ4v) is 3.48. The number of nitrogens with one attached hydrogen (secondary N) is 1. The number of hydrogen-bond donors (Lipinski definition) is 2. The van der Waals surface area contributed by atoms with Crippen LogP contribution in [0.1, 0.15) is 5.82 Å². The minimum absolute atomic E-state index is 0.399. The quantitative estimate of drug-likeness (QED) is 0.686. The molecule has 1 saturated heterocycles. The van der Waals surface area contributed by atoms with Gasteiger partial charge in [0.1, 0.15) is 29.0 Å². The second-order valence-corrected chi connectivity index (χ2v) is 6.85. The lowest BCUT2D eigenvalue weighted by Gasteiger charge is -2.27. The first-order valence-corrected chi connectivity index (χ1v) is 9.49. The molecule has 0 bridgehead atoms. The third-order valence-corrected chi connectivity index (χ3v) is 4.79. The topological polar surface area (TPSA) is 119 Å². The van der Waals surface area contributed by atoms with E-state index >= 15 is 0 Å². The summed E-state index contributed by atoms with van der Waals surface area (Å²) in [5.41, 5.74) is 8.07. The highest BCUT2D eigenvalue weighted by molar-refractivity contribution is 6.06. The molecule has 10 heteroatoms. The van der Waals surface area contributed by atoms with Gasteiger partial charge in [-0.1, -0.05) is 6.08 Å². The van der Waals surface area contributed by atoms with E-state index < -0.39 is 0 Å². The Balaban J connectivity index is 1.67.